The van der Waals surface area contributed by atoms with Gasteiger partial charge in [-0.15, -0.1) is 0 Å². The summed E-state index contributed by atoms with van der Waals surface area (Å²) in [5.41, 5.74) is 0.577. The van der Waals surface area contributed by atoms with Gasteiger partial charge in [-0.3, -0.25) is 9.59 Å². The van der Waals surface area contributed by atoms with Gasteiger partial charge >= 0.3 is 5.97 Å². The van der Waals surface area contributed by atoms with Crippen molar-refractivity contribution in [1.29, 1.82) is 0 Å². The SMILES string of the molecule is CCNC(=O)CC(C(=O)O)c1ccc(Cl)cc1. The molecule has 0 saturated heterocycles. The van der Waals surface area contributed by atoms with Crippen LogP contribution in [-0.4, -0.2) is 23.5 Å². The molecule has 0 fully saturated rings. The zero-order valence-electron chi connectivity index (χ0n) is 9.44. The van der Waals surface area contributed by atoms with E-state index in [0.717, 1.165) is 0 Å². The molecule has 0 bridgehead atoms. The van der Waals surface area contributed by atoms with Gasteiger partial charge in [0.1, 0.15) is 0 Å². The first-order valence-corrected chi connectivity index (χ1v) is 5.67. The molecule has 0 aliphatic heterocycles. The minimum Gasteiger partial charge on any atom is -0.481 e. The molecule has 0 spiro atoms. The van der Waals surface area contributed by atoms with Crippen LogP contribution in [0.2, 0.25) is 5.02 Å². The fourth-order valence-corrected chi connectivity index (χ4v) is 1.62. The van der Waals surface area contributed by atoms with E-state index in [1.54, 1.807) is 31.2 Å². The number of aliphatic carboxylic acids is 1. The van der Waals surface area contributed by atoms with E-state index in [2.05, 4.69) is 5.32 Å². The quantitative estimate of drug-likeness (QED) is 0.846. The summed E-state index contributed by atoms with van der Waals surface area (Å²) in [7, 11) is 0. The fraction of sp³-hybridized carbons (Fsp3) is 0.333. The maximum absolute atomic E-state index is 11.4. The Kier molecular flexibility index (Phi) is 4.97. The van der Waals surface area contributed by atoms with Crippen molar-refractivity contribution in [2.45, 2.75) is 19.3 Å². The lowest BCUT2D eigenvalue weighted by Gasteiger charge is -2.12. The molecule has 1 amide bonds. The van der Waals surface area contributed by atoms with Gasteiger partial charge in [0.2, 0.25) is 5.91 Å². The number of hydrogen-bond donors (Lipinski definition) is 2. The Morgan fingerprint density at radius 1 is 1.35 bits per heavy atom. The first-order chi connectivity index (χ1) is 8.04. The smallest absolute Gasteiger partial charge is 0.311 e. The van der Waals surface area contributed by atoms with Gasteiger partial charge in [0.05, 0.1) is 5.92 Å². The third kappa shape index (κ3) is 4.07. The van der Waals surface area contributed by atoms with Gasteiger partial charge in [0.25, 0.3) is 0 Å². The molecule has 0 saturated carbocycles. The Morgan fingerprint density at radius 3 is 2.41 bits per heavy atom. The highest BCUT2D eigenvalue weighted by Gasteiger charge is 2.22. The number of benzene rings is 1. The van der Waals surface area contributed by atoms with E-state index in [9.17, 15) is 9.59 Å². The summed E-state index contributed by atoms with van der Waals surface area (Å²) in [6.07, 6.45) is -0.0647. The van der Waals surface area contributed by atoms with Gasteiger partial charge in [-0.2, -0.15) is 0 Å². The van der Waals surface area contributed by atoms with Crippen LogP contribution in [-0.2, 0) is 9.59 Å². The molecule has 2 N–H and O–H groups in total. The standard InChI is InChI=1S/C12H14ClNO3/c1-2-14-11(15)7-10(12(16)17)8-3-5-9(13)6-4-8/h3-6,10H,2,7H2,1H3,(H,14,15)(H,16,17). The lowest BCUT2D eigenvalue weighted by Crippen LogP contribution is -2.27. The summed E-state index contributed by atoms with van der Waals surface area (Å²) < 4.78 is 0. The number of halogens is 1. The van der Waals surface area contributed by atoms with Crippen LogP contribution in [0.3, 0.4) is 0 Å². The number of amides is 1. The van der Waals surface area contributed by atoms with E-state index in [1.165, 1.54) is 0 Å². The lowest BCUT2D eigenvalue weighted by molar-refractivity contribution is -0.140. The number of rotatable bonds is 5. The highest BCUT2D eigenvalue weighted by Crippen LogP contribution is 2.21. The maximum atomic E-state index is 11.4. The highest BCUT2D eigenvalue weighted by molar-refractivity contribution is 6.30. The van der Waals surface area contributed by atoms with Crippen LogP contribution < -0.4 is 5.32 Å². The molecule has 0 aliphatic carbocycles. The summed E-state index contributed by atoms with van der Waals surface area (Å²) in [6.45, 7) is 2.28. The van der Waals surface area contributed by atoms with Crippen LogP contribution in [0.4, 0.5) is 0 Å². The number of carbonyl (C=O) groups is 2. The highest BCUT2D eigenvalue weighted by atomic mass is 35.5. The summed E-state index contributed by atoms with van der Waals surface area (Å²) in [6, 6.07) is 6.48. The predicted molar refractivity (Wildman–Crippen MR) is 65.1 cm³/mol. The van der Waals surface area contributed by atoms with Gasteiger partial charge < -0.3 is 10.4 Å². The van der Waals surface area contributed by atoms with Crippen molar-refractivity contribution in [3.8, 4) is 0 Å². The van der Waals surface area contributed by atoms with Crippen LogP contribution in [0, 0.1) is 0 Å². The van der Waals surface area contributed by atoms with E-state index in [0.29, 0.717) is 17.1 Å². The summed E-state index contributed by atoms with van der Waals surface area (Å²) in [5, 5.41) is 12.2. The molecule has 0 aromatic heterocycles. The minimum atomic E-state index is -1.02. The monoisotopic (exact) mass is 255 g/mol. The minimum absolute atomic E-state index is 0.0647. The average Bonchev–Trinajstić information content (AvgIpc) is 2.27. The van der Waals surface area contributed by atoms with E-state index >= 15 is 0 Å². The third-order valence-corrected chi connectivity index (χ3v) is 2.59. The van der Waals surface area contributed by atoms with Crippen molar-refractivity contribution in [3.63, 3.8) is 0 Å². The van der Waals surface area contributed by atoms with Gasteiger partial charge in [0, 0.05) is 18.0 Å². The molecular formula is C12H14ClNO3. The van der Waals surface area contributed by atoms with Crippen LogP contribution >= 0.6 is 11.6 Å². The first-order valence-electron chi connectivity index (χ1n) is 5.29. The van der Waals surface area contributed by atoms with Crippen LogP contribution in [0.25, 0.3) is 0 Å². The molecule has 92 valence electrons. The predicted octanol–water partition coefficient (Wildman–Crippen LogP) is 2.03. The number of carboxylic acid groups (broad SMARTS) is 1. The Hall–Kier alpha value is -1.55. The molecule has 5 heteroatoms. The molecular weight excluding hydrogens is 242 g/mol. The van der Waals surface area contributed by atoms with Gasteiger partial charge in [-0.25, -0.2) is 0 Å². The Morgan fingerprint density at radius 2 is 1.94 bits per heavy atom. The Bertz CT molecular complexity index is 403. The van der Waals surface area contributed by atoms with E-state index < -0.39 is 11.9 Å². The van der Waals surface area contributed by atoms with Crippen molar-refractivity contribution in [1.82, 2.24) is 5.32 Å². The second-order valence-corrected chi connectivity index (χ2v) is 4.04. The second-order valence-electron chi connectivity index (χ2n) is 3.60. The summed E-state index contributed by atoms with van der Waals surface area (Å²) in [4.78, 5) is 22.5. The summed E-state index contributed by atoms with van der Waals surface area (Å²) in [5.74, 6) is -2.12. The van der Waals surface area contributed by atoms with Crippen LogP contribution in [0.5, 0.6) is 0 Å². The number of nitrogens with one attached hydrogen (secondary N) is 1. The molecule has 1 unspecified atom stereocenters. The zero-order valence-corrected chi connectivity index (χ0v) is 10.2. The van der Waals surface area contributed by atoms with E-state index in [1.807, 2.05) is 0 Å². The molecule has 0 heterocycles. The molecule has 1 atom stereocenters. The molecule has 1 rings (SSSR count). The second kappa shape index (κ2) is 6.25. The van der Waals surface area contributed by atoms with Gasteiger partial charge in [-0.05, 0) is 24.6 Å². The first kappa shape index (κ1) is 13.5. The lowest BCUT2D eigenvalue weighted by atomic mass is 9.95. The number of carboxylic acids is 1. The van der Waals surface area contributed by atoms with Crippen LogP contribution in [0.1, 0.15) is 24.8 Å². The number of hydrogen-bond acceptors (Lipinski definition) is 2. The largest absolute Gasteiger partial charge is 0.481 e. The molecule has 4 nitrogen and oxygen atoms in total. The van der Waals surface area contributed by atoms with Crippen LogP contribution in [0.15, 0.2) is 24.3 Å². The molecule has 1 aromatic rings. The van der Waals surface area contributed by atoms with Crippen molar-refractivity contribution in [3.05, 3.63) is 34.9 Å². The molecule has 0 radical (unpaired) electrons. The van der Waals surface area contributed by atoms with E-state index in [4.69, 9.17) is 16.7 Å². The normalized spacial score (nSPS) is 11.9. The van der Waals surface area contributed by atoms with Crippen molar-refractivity contribution in [2.75, 3.05) is 6.54 Å². The van der Waals surface area contributed by atoms with Gasteiger partial charge in [-0.1, -0.05) is 23.7 Å². The third-order valence-electron chi connectivity index (χ3n) is 2.33. The van der Waals surface area contributed by atoms with E-state index in [-0.39, 0.29) is 12.3 Å². The number of carbonyl (C=O) groups excluding carboxylic acids is 1. The average molecular weight is 256 g/mol. The summed E-state index contributed by atoms with van der Waals surface area (Å²) >= 11 is 5.72. The molecule has 1 aromatic carbocycles. The van der Waals surface area contributed by atoms with Gasteiger partial charge in [0.15, 0.2) is 0 Å². The molecule has 0 aliphatic rings. The Balaban J connectivity index is 2.82. The Labute approximate surface area is 105 Å². The fourth-order valence-electron chi connectivity index (χ4n) is 1.50. The van der Waals surface area contributed by atoms with Crippen molar-refractivity contribution < 1.29 is 14.7 Å². The molecule has 17 heavy (non-hydrogen) atoms. The topological polar surface area (TPSA) is 66.4 Å². The maximum Gasteiger partial charge on any atom is 0.311 e. The van der Waals surface area contributed by atoms with Crippen molar-refractivity contribution >= 4 is 23.5 Å². The zero-order chi connectivity index (χ0) is 12.8. The van der Waals surface area contributed by atoms with Crippen molar-refractivity contribution in [2.24, 2.45) is 0 Å².